The van der Waals surface area contributed by atoms with Crippen LogP contribution in [0.5, 0.6) is 0 Å². The third kappa shape index (κ3) is 2.26. The van der Waals surface area contributed by atoms with Gasteiger partial charge in [0.15, 0.2) is 0 Å². The number of imidazole rings is 1. The van der Waals surface area contributed by atoms with Crippen LogP contribution in [-0.4, -0.2) is 36.7 Å². The van der Waals surface area contributed by atoms with E-state index in [2.05, 4.69) is 15.0 Å². The fourth-order valence-electron chi connectivity index (χ4n) is 3.03. The van der Waals surface area contributed by atoms with Gasteiger partial charge >= 0.3 is 0 Å². The monoisotopic (exact) mass is 328 g/mol. The van der Waals surface area contributed by atoms with Crippen molar-refractivity contribution in [1.29, 1.82) is 0 Å². The minimum atomic E-state index is -0.101. The molecule has 3 aromatic heterocycles. The number of rotatable bonds is 2. The lowest BCUT2D eigenvalue weighted by molar-refractivity contribution is 0.0727. The number of carbonyl (C=O) groups excluding carboxylic acids is 1. The quantitative estimate of drug-likeness (QED) is 0.777. The Balaban J connectivity index is 1.70. The molecule has 1 unspecified atom stereocenters. The van der Waals surface area contributed by atoms with Gasteiger partial charge in [0.2, 0.25) is 5.95 Å². The summed E-state index contributed by atoms with van der Waals surface area (Å²) in [7, 11) is 0. The summed E-state index contributed by atoms with van der Waals surface area (Å²) in [6.45, 7) is 2.55. The van der Waals surface area contributed by atoms with Crippen LogP contribution in [0.15, 0.2) is 24.0 Å². The van der Waals surface area contributed by atoms with Crippen LogP contribution in [0.4, 0.5) is 5.95 Å². The molecular formula is C15H16N6OS. The Bertz CT molecular complexity index is 868. The van der Waals surface area contributed by atoms with Crippen LogP contribution in [0.1, 0.15) is 40.8 Å². The lowest BCUT2D eigenvalue weighted by atomic mass is 10.1. The first kappa shape index (κ1) is 14.1. The Morgan fingerprint density at radius 1 is 1.39 bits per heavy atom. The molecule has 0 aromatic carbocycles. The summed E-state index contributed by atoms with van der Waals surface area (Å²) < 4.78 is 1.87. The van der Waals surface area contributed by atoms with Crippen molar-refractivity contribution in [2.75, 3.05) is 12.3 Å². The van der Waals surface area contributed by atoms with E-state index in [1.54, 1.807) is 17.5 Å². The molecule has 1 atom stereocenters. The first-order valence-electron chi connectivity index (χ1n) is 7.45. The van der Waals surface area contributed by atoms with Gasteiger partial charge in [0.1, 0.15) is 16.2 Å². The van der Waals surface area contributed by atoms with E-state index < -0.39 is 0 Å². The molecule has 1 aliphatic rings. The lowest BCUT2D eigenvalue weighted by Gasteiger charge is -2.23. The number of nitrogens with zero attached hydrogens (tertiary/aromatic N) is 5. The Morgan fingerprint density at radius 3 is 3.04 bits per heavy atom. The smallest absolute Gasteiger partial charge is 0.274 e. The Labute approximate surface area is 136 Å². The number of carbonyl (C=O) groups is 1. The Morgan fingerprint density at radius 2 is 2.26 bits per heavy atom. The molecular weight excluding hydrogens is 312 g/mol. The first-order valence-corrected chi connectivity index (χ1v) is 8.33. The van der Waals surface area contributed by atoms with Crippen LogP contribution in [0, 0.1) is 6.92 Å². The van der Waals surface area contributed by atoms with Crippen LogP contribution >= 0.6 is 11.3 Å². The fraction of sp³-hybridized carbons (Fsp3) is 0.333. The van der Waals surface area contributed by atoms with Gasteiger partial charge in [-0.3, -0.25) is 14.2 Å². The van der Waals surface area contributed by atoms with Crippen molar-refractivity contribution in [1.82, 2.24) is 24.3 Å². The maximum Gasteiger partial charge on any atom is 0.274 e. The molecule has 4 rings (SSSR count). The zero-order valence-electron chi connectivity index (χ0n) is 12.6. The minimum Gasteiger partial charge on any atom is -0.369 e. The number of nitrogens with two attached hydrogens (primary N) is 1. The highest BCUT2D eigenvalue weighted by molar-refractivity contribution is 7.15. The van der Waals surface area contributed by atoms with Crippen LogP contribution < -0.4 is 5.73 Å². The number of nitrogen functional groups attached to an aromatic ring is 1. The highest BCUT2D eigenvalue weighted by Crippen LogP contribution is 2.36. The number of hydrogen-bond donors (Lipinski definition) is 1. The SMILES string of the molecule is Cc1cnc(C(=O)N2CCCC2c2nc(N)n3ccsc23)cn1. The van der Waals surface area contributed by atoms with Crippen LogP contribution in [0.25, 0.3) is 4.83 Å². The van der Waals surface area contributed by atoms with Crippen molar-refractivity contribution in [3.8, 4) is 0 Å². The van der Waals surface area contributed by atoms with Gasteiger partial charge in [-0.1, -0.05) is 0 Å². The van der Waals surface area contributed by atoms with Crippen molar-refractivity contribution in [2.24, 2.45) is 0 Å². The standard InChI is InChI=1S/C15H16N6OS/c1-9-7-18-10(8-17-9)13(22)20-4-2-3-11(20)12-14-21(5-6-23-14)15(16)19-12/h5-8,11H,2-4H2,1H3,(H2,16,19). The Kier molecular flexibility index (Phi) is 3.26. The molecule has 8 heteroatoms. The van der Waals surface area contributed by atoms with E-state index in [0.717, 1.165) is 29.1 Å². The maximum atomic E-state index is 12.8. The number of likely N-dealkylation sites (tertiary alicyclic amines) is 1. The van der Waals surface area contributed by atoms with Crippen LogP contribution in [-0.2, 0) is 0 Å². The van der Waals surface area contributed by atoms with Crippen molar-refractivity contribution < 1.29 is 4.79 Å². The summed E-state index contributed by atoms with van der Waals surface area (Å²) in [6, 6.07) is -0.0587. The maximum absolute atomic E-state index is 12.8. The summed E-state index contributed by atoms with van der Waals surface area (Å²) in [5, 5.41) is 1.98. The normalized spacial score (nSPS) is 18.0. The number of fused-ring (bicyclic) bond motifs is 1. The van der Waals surface area contributed by atoms with Crippen LogP contribution in [0.3, 0.4) is 0 Å². The van der Waals surface area contributed by atoms with Crippen LogP contribution in [0.2, 0.25) is 0 Å². The molecule has 2 N–H and O–H groups in total. The van der Waals surface area contributed by atoms with Crippen molar-refractivity contribution in [2.45, 2.75) is 25.8 Å². The van der Waals surface area contributed by atoms with Crippen molar-refractivity contribution in [3.05, 3.63) is 41.1 Å². The summed E-state index contributed by atoms with van der Waals surface area (Å²) in [5.74, 6) is 0.363. The van der Waals surface area contributed by atoms with Gasteiger partial charge < -0.3 is 10.6 Å². The molecule has 1 fully saturated rings. The third-order valence-corrected chi connectivity index (χ3v) is 5.03. The summed E-state index contributed by atoms with van der Waals surface area (Å²) >= 11 is 1.59. The molecule has 7 nitrogen and oxygen atoms in total. The summed E-state index contributed by atoms with van der Waals surface area (Å²) in [5.41, 5.74) is 8.01. The molecule has 0 saturated carbocycles. The molecule has 3 aromatic rings. The number of hydrogen-bond acceptors (Lipinski definition) is 6. The van der Waals surface area contributed by atoms with Gasteiger partial charge in [-0.25, -0.2) is 9.97 Å². The summed E-state index contributed by atoms with van der Waals surface area (Å²) in [4.78, 5) is 28.5. The molecule has 1 amide bonds. The number of amides is 1. The Hall–Kier alpha value is -2.48. The van der Waals surface area contributed by atoms with Gasteiger partial charge in [-0.05, 0) is 19.8 Å². The van der Waals surface area contributed by atoms with Gasteiger partial charge in [-0.15, -0.1) is 11.3 Å². The van der Waals surface area contributed by atoms with E-state index in [1.165, 1.54) is 6.20 Å². The third-order valence-electron chi connectivity index (χ3n) is 4.14. The second kappa shape index (κ2) is 5.31. The van der Waals surface area contributed by atoms with E-state index in [1.807, 2.05) is 27.8 Å². The van der Waals surface area contributed by atoms with Gasteiger partial charge in [0.25, 0.3) is 5.91 Å². The van der Waals surface area contributed by atoms with E-state index in [4.69, 9.17) is 5.73 Å². The molecule has 118 valence electrons. The minimum absolute atomic E-state index is 0.0587. The fourth-order valence-corrected chi connectivity index (χ4v) is 3.91. The second-order valence-electron chi connectivity index (χ2n) is 5.63. The lowest BCUT2D eigenvalue weighted by Crippen LogP contribution is -2.31. The zero-order chi connectivity index (χ0) is 16.0. The summed E-state index contributed by atoms with van der Waals surface area (Å²) in [6.07, 6.45) is 6.88. The highest BCUT2D eigenvalue weighted by Gasteiger charge is 2.34. The van der Waals surface area contributed by atoms with Gasteiger partial charge in [-0.2, -0.15) is 0 Å². The largest absolute Gasteiger partial charge is 0.369 e. The average Bonchev–Trinajstić information content (AvgIpc) is 3.25. The second-order valence-corrected chi connectivity index (χ2v) is 6.53. The molecule has 0 aliphatic carbocycles. The molecule has 1 saturated heterocycles. The molecule has 0 bridgehead atoms. The molecule has 1 aliphatic heterocycles. The van der Waals surface area contributed by atoms with Gasteiger partial charge in [0.05, 0.1) is 17.9 Å². The number of thiazole rings is 1. The molecule has 23 heavy (non-hydrogen) atoms. The predicted octanol–water partition coefficient (Wildman–Crippen LogP) is 2.05. The number of aryl methyl sites for hydroxylation is 1. The zero-order valence-corrected chi connectivity index (χ0v) is 13.5. The predicted molar refractivity (Wildman–Crippen MR) is 87.3 cm³/mol. The molecule has 0 spiro atoms. The van der Waals surface area contributed by atoms with Crippen molar-refractivity contribution in [3.63, 3.8) is 0 Å². The first-order chi connectivity index (χ1) is 11.1. The highest BCUT2D eigenvalue weighted by atomic mass is 32.1. The van der Waals surface area contributed by atoms with Gasteiger partial charge in [0, 0.05) is 24.3 Å². The van der Waals surface area contributed by atoms with E-state index in [9.17, 15) is 4.79 Å². The van der Waals surface area contributed by atoms with E-state index >= 15 is 0 Å². The van der Waals surface area contributed by atoms with E-state index in [0.29, 0.717) is 18.2 Å². The average molecular weight is 328 g/mol. The molecule has 0 radical (unpaired) electrons. The number of aromatic nitrogens is 4. The van der Waals surface area contributed by atoms with Crippen molar-refractivity contribution >= 4 is 28.0 Å². The topological polar surface area (TPSA) is 89.4 Å². The number of anilines is 1. The van der Waals surface area contributed by atoms with E-state index in [-0.39, 0.29) is 11.9 Å². The molecule has 4 heterocycles.